The predicted octanol–water partition coefficient (Wildman–Crippen LogP) is 1.90. The molecule has 0 aromatic heterocycles. The zero-order valence-electron chi connectivity index (χ0n) is 11.0. The first kappa shape index (κ1) is 13.4. The SMILES string of the molecule is CCOC(=O)C(=O)c1ccc2c(c1C)OCCCO2. The molecular formula is C14H16O5. The van der Waals surface area contributed by atoms with Crippen LogP contribution in [0.5, 0.6) is 11.5 Å². The molecule has 0 radical (unpaired) electrons. The first-order valence-corrected chi connectivity index (χ1v) is 6.25. The smallest absolute Gasteiger partial charge is 0.379 e. The van der Waals surface area contributed by atoms with Crippen molar-refractivity contribution in [2.45, 2.75) is 20.3 Å². The minimum Gasteiger partial charge on any atom is -0.490 e. The Morgan fingerprint density at radius 3 is 2.74 bits per heavy atom. The van der Waals surface area contributed by atoms with Crippen LogP contribution in [0.2, 0.25) is 0 Å². The molecule has 0 spiro atoms. The second-order valence-corrected chi connectivity index (χ2v) is 4.17. The van der Waals surface area contributed by atoms with Gasteiger partial charge in [-0.25, -0.2) is 4.79 Å². The van der Waals surface area contributed by atoms with E-state index in [1.165, 1.54) is 0 Å². The van der Waals surface area contributed by atoms with Gasteiger partial charge in [-0.3, -0.25) is 4.79 Å². The van der Waals surface area contributed by atoms with E-state index in [0.29, 0.717) is 35.8 Å². The van der Waals surface area contributed by atoms with Crippen LogP contribution in [0.4, 0.5) is 0 Å². The molecule has 102 valence electrons. The monoisotopic (exact) mass is 264 g/mol. The maximum Gasteiger partial charge on any atom is 0.379 e. The van der Waals surface area contributed by atoms with Gasteiger partial charge >= 0.3 is 5.97 Å². The van der Waals surface area contributed by atoms with Crippen molar-refractivity contribution in [1.29, 1.82) is 0 Å². The van der Waals surface area contributed by atoms with Crippen molar-refractivity contribution >= 4 is 11.8 Å². The Balaban J connectivity index is 2.35. The highest BCUT2D eigenvalue weighted by molar-refractivity contribution is 6.41. The fourth-order valence-corrected chi connectivity index (χ4v) is 1.93. The second-order valence-electron chi connectivity index (χ2n) is 4.17. The molecule has 0 bridgehead atoms. The van der Waals surface area contributed by atoms with Crippen molar-refractivity contribution in [2.75, 3.05) is 19.8 Å². The van der Waals surface area contributed by atoms with Crippen LogP contribution in [0.3, 0.4) is 0 Å². The van der Waals surface area contributed by atoms with E-state index in [9.17, 15) is 9.59 Å². The fourth-order valence-electron chi connectivity index (χ4n) is 1.93. The Morgan fingerprint density at radius 2 is 2.00 bits per heavy atom. The Bertz CT molecular complexity index is 507. The zero-order chi connectivity index (χ0) is 13.8. The van der Waals surface area contributed by atoms with E-state index in [1.807, 2.05) is 0 Å². The van der Waals surface area contributed by atoms with Gasteiger partial charge in [0.2, 0.25) is 0 Å². The molecule has 19 heavy (non-hydrogen) atoms. The average Bonchev–Trinajstić information content (AvgIpc) is 2.64. The van der Waals surface area contributed by atoms with Gasteiger partial charge in [-0.2, -0.15) is 0 Å². The molecule has 0 N–H and O–H groups in total. The number of carbonyl (C=O) groups excluding carboxylic acids is 2. The minimum atomic E-state index is -0.847. The lowest BCUT2D eigenvalue weighted by molar-refractivity contribution is -0.137. The Kier molecular flexibility index (Phi) is 4.04. The number of fused-ring (bicyclic) bond motifs is 1. The maximum atomic E-state index is 12.0. The largest absolute Gasteiger partial charge is 0.490 e. The molecule has 0 saturated carbocycles. The van der Waals surface area contributed by atoms with Gasteiger partial charge in [-0.15, -0.1) is 0 Å². The van der Waals surface area contributed by atoms with Crippen LogP contribution in [-0.2, 0) is 9.53 Å². The first-order chi connectivity index (χ1) is 9.15. The van der Waals surface area contributed by atoms with Gasteiger partial charge < -0.3 is 14.2 Å². The molecule has 0 unspecified atom stereocenters. The Morgan fingerprint density at radius 1 is 1.26 bits per heavy atom. The van der Waals surface area contributed by atoms with Crippen molar-refractivity contribution < 1.29 is 23.8 Å². The average molecular weight is 264 g/mol. The molecule has 1 aromatic carbocycles. The van der Waals surface area contributed by atoms with Crippen molar-refractivity contribution in [1.82, 2.24) is 0 Å². The normalized spacial score (nSPS) is 13.6. The van der Waals surface area contributed by atoms with Gasteiger partial charge in [0.25, 0.3) is 5.78 Å². The lowest BCUT2D eigenvalue weighted by Crippen LogP contribution is -2.18. The van der Waals surface area contributed by atoms with Crippen LogP contribution in [0.15, 0.2) is 12.1 Å². The molecule has 1 aliphatic heterocycles. The van der Waals surface area contributed by atoms with E-state index in [-0.39, 0.29) is 6.61 Å². The van der Waals surface area contributed by atoms with Gasteiger partial charge in [0.1, 0.15) is 0 Å². The molecule has 1 aliphatic rings. The second kappa shape index (κ2) is 5.73. The van der Waals surface area contributed by atoms with Crippen LogP contribution in [0.25, 0.3) is 0 Å². The van der Waals surface area contributed by atoms with Crippen molar-refractivity contribution in [3.63, 3.8) is 0 Å². The zero-order valence-corrected chi connectivity index (χ0v) is 11.0. The Labute approximate surface area is 111 Å². The summed E-state index contributed by atoms with van der Waals surface area (Å²) in [4.78, 5) is 23.4. The van der Waals surface area contributed by atoms with E-state index < -0.39 is 11.8 Å². The number of hydrogen-bond acceptors (Lipinski definition) is 5. The van der Waals surface area contributed by atoms with Gasteiger partial charge in [-0.1, -0.05) is 0 Å². The number of carbonyl (C=O) groups is 2. The summed E-state index contributed by atoms with van der Waals surface area (Å²) in [6.07, 6.45) is 0.787. The molecule has 1 heterocycles. The van der Waals surface area contributed by atoms with Crippen LogP contribution in [0.1, 0.15) is 29.3 Å². The van der Waals surface area contributed by atoms with E-state index >= 15 is 0 Å². The molecule has 0 fully saturated rings. The quantitative estimate of drug-likeness (QED) is 0.474. The highest BCUT2D eigenvalue weighted by atomic mass is 16.5. The lowest BCUT2D eigenvalue weighted by Gasteiger charge is -2.12. The van der Waals surface area contributed by atoms with Crippen molar-refractivity contribution in [3.05, 3.63) is 23.3 Å². The predicted molar refractivity (Wildman–Crippen MR) is 67.7 cm³/mol. The Hall–Kier alpha value is -2.04. The van der Waals surface area contributed by atoms with Gasteiger partial charge in [0, 0.05) is 17.5 Å². The number of esters is 1. The third kappa shape index (κ3) is 2.70. The summed E-state index contributed by atoms with van der Waals surface area (Å²) in [5.74, 6) is -0.363. The van der Waals surface area contributed by atoms with Gasteiger partial charge in [0.15, 0.2) is 11.5 Å². The summed E-state index contributed by atoms with van der Waals surface area (Å²) in [7, 11) is 0. The van der Waals surface area contributed by atoms with E-state index in [0.717, 1.165) is 6.42 Å². The molecule has 5 nitrogen and oxygen atoms in total. The summed E-state index contributed by atoms with van der Waals surface area (Å²) < 4.78 is 15.8. The number of ketones is 1. The van der Waals surface area contributed by atoms with Crippen LogP contribution in [-0.4, -0.2) is 31.6 Å². The highest BCUT2D eigenvalue weighted by Gasteiger charge is 2.24. The molecule has 1 aromatic rings. The molecule has 0 aliphatic carbocycles. The van der Waals surface area contributed by atoms with E-state index in [1.54, 1.807) is 26.0 Å². The number of ether oxygens (including phenoxy) is 3. The van der Waals surface area contributed by atoms with Crippen molar-refractivity contribution in [3.8, 4) is 11.5 Å². The molecule has 0 saturated heterocycles. The van der Waals surface area contributed by atoms with Crippen LogP contribution in [0, 0.1) is 6.92 Å². The molecule has 2 rings (SSSR count). The molecule has 5 heteroatoms. The third-order valence-electron chi connectivity index (χ3n) is 2.87. The number of hydrogen-bond donors (Lipinski definition) is 0. The summed E-state index contributed by atoms with van der Waals surface area (Å²) in [6.45, 7) is 4.68. The number of Topliss-reactive ketones (excluding diaryl/α,β-unsaturated/α-hetero) is 1. The third-order valence-corrected chi connectivity index (χ3v) is 2.87. The molecular weight excluding hydrogens is 248 g/mol. The summed E-state index contributed by atoms with van der Waals surface area (Å²) >= 11 is 0. The summed E-state index contributed by atoms with van der Waals surface area (Å²) in [5.41, 5.74) is 0.903. The van der Waals surface area contributed by atoms with E-state index in [2.05, 4.69) is 0 Å². The highest BCUT2D eigenvalue weighted by Crippen LogP contribution is 2.35. The summed E-state index contributed by atoms with van der Waals surface area (Å²) in [6, 6.07) is 3.22. The topological polar surface area (TPSA) is 61.8 Å². The molecule has 0 amide bonds. The van der Waals surface area contributed by atoms with Gasteiger partial charge in [-0.05, 0) is 26.0 Å². The maximum absolute atomic E-state index is 12.0. The number of rotatable bonds is 3. The van der Waals surface area contributed by atoms with E-state index in [4.69, 9.17) is 14.2 Å². The number of benzene rings is 1. The first-order valence-electron chi connectivity index (χ1n) is 6.25. The molecule has 0 atom stereocenters. The lowest BCUT2D eigenvalue weighted by atomic mass is 10.0. The minimum absolute atomic E-state index is 0.175. The summed E-state index contributed by atoms with van der Waals surface area (Å²) in [5, 5.41) is 0. The van der Waals surface area contributed by atoms with Gasteiger partial charge in [0.05, 0.1) is 19.8 Å². The standard InChI is InChI=1S/C14H16O5/c1-3-17-14(16)12(15)10-5-6-11-13(9(10)2)19-8-4-7-18-11/h5-6H,3-4,7-8H2,1-2H3. The fraction of sp³-hybridized carbons (Fsp3) is 0.429. The van der Waals surface area contributed by atoms with Crippen molar-refractivity contribution in [2.24, 2.45) is 0 Å². The van der Waals surface area contributed by atoms with Crippen LogP contribution < -0.4 is 9.47 Å². The van der Waals surface area contributed by atoms with Crippen LogP contribution >= 0.6 is 0 Å².